The summed E-state index contributed by atoms with van der Waals surface area (Å²) in [6.07, 6.45) is 0. The summed E-state index contributed by atoms with van der Waals surface area (Å²) in [5.74, 6) is 0.511. The summed E-state index contributed by atoms with van der Waals surface area (Å²) >= 11 is 0. The molecule has 0 aliphatic rings. The van der Waals surface area contributed by atoms with Crippen molar-refractivity contribution in [1.82, 2.24) is 0 Å². The summed E-state index contributed by atoms with van der Waals surface area (Å²) in [4.78, 5) is 12.2. The molecular formula is C18H16O3. The first-order valence-electron chi connectivity index (χ1n) is 6.81. The molecule has 2 aromatic carbocycles. The van der Waals surface area contributed by atoms with Gasteiger partial charge in [-0.2, -0.15) is 0 Å². The highest BCUT2D eigenvalue weighted by Crippen LogP contribution is 2.32. The summed E-state index contributed by atoms with van der Waals surface area (Å²) in [5, 5.41) is 10.7. The Hall–Kier alpha value is -2.55. The van der Waals surface area contributed by atoms with Crippen molar-refractivity contribution >= 4 is 11.0 Å². The third-order valence-corrected chi connectivity index (χ3v) is 3.83. The Balaban J connectivity index is 2.34. The molecule has 3 nitrogen and oxygen atoms in total. The first-order valence-corrected chi connectivity index (χ1v) is 6.81. The van der Waals surface area contributed by atoms with E-state index >= 15 is 0 Å². The molecule has 0 fully saturated rings. The van der Waals surface area contributed by atoms with Crippen molar-refractivity contribution in [1.29, 1.82) is 0 Å². The minimum atomic E-state index is -0.104. The van der Waals surface area contributed by atoms with Gasteiger partial charge in [0.1, 0.15) is 17.1 Å². The largest absolute Gasteiger partial charge is 0.507 e. The molecule has 3 rings (SSSR count). The Bertz CT molecular complexity index is 904. The zero-order valence-electron chi connectivity index (χ0n) is 12.2. The fourth-order valence-electron chi connectivity index (χ4n) is 2.45. The maximum atomic E-state index is 12.2. The van der Waals surface area contributed by atoms with Crippen LogP contribution in [0.5, 0.6) is 5.75 Å². The molecule has 0 unspecified atom stereocenters. The number of hydrogen-bond donors (Lipinski definition) is 1. The number of hydrogen-bond acceptors (Lipinski definition) is 3. The lowest BCUT2D eigenvalue weighted by Crippen LogP contribution is -2.01. The molecule has 1 heterocycles. The van der Waals surface area contributed by atoms with Crippen LogP contribution in [0.4, 0.5) is 0 Å². The summed E-state index contributed by atoms with van der Waals surface area (Å²) in [7, 11) is 0. The Morgan fingerprint density at radius 3 is 2.43 bits per heavy atom. The first kappa shape index (κ1) is 13.4. The van der Waals surface area contributed by atoms with Gasteiger partial charge in [-0.3, -0.25) is 4.79 Å². The van der Waals surface area contributed by atoms with E-state index in [4.69, 9.17) is 4.42 Å². The van der Waals surface area contributed by atoms with Crippen LogP contribution in [0.2, 0.25) is 0 Å². The predicted octanol–water partition coefficient (Wildman–Crippen LogP) is 4.09. The number of phenols is 1. The summed E-state index contributed by atoms with van der Waals surface area (Å²) in [6.45, 7) is 5.79. The van der Waals surface area contributed by atoms with Gasteiger partial charge in [-0.25, -0.2) is 0 Å². The van der Waals surface area contributed by atoms with E-state index in [1.165, 1.54) is 6.07 Å². The smallest absolute Gasteiger partial charge is 0.193 e. The van der Waals surface area contributed by atoms with Gasteiger partial charge in [0, 0.05) is 6.07 Å². The molecule has 0 spiro atoms. The first-order chi connectivity index (χ1) is 9.97. The molecule has 1 N–H and O–H groups in total. The van der Waals surface area contributed by atoms with Gasteiger partial charge in [-0.05, 0) is 55.7 Å². The second kappa shape index (κ2) is 4.77. The van der Waals surface area contributed by atoms with Gasteiger partial charge >= 0.3 is 0 Å². The Kier molecular flexibility index (Phi) is 3.05. The van der Waals surface area contributed by atoms with Crippen LogP contribution in [0.1, 0.15) is 16.7 Å². The van der Waals surface area contributed by atoms with Crippen molar-refractivity contribution in [3.8, 4) is 17.1 Å². The van der Waals surface area contributed by atoms with Crippen LogP contribution in [0, 0.1) is 20.8 Å². The van der Waals surface area contributed by atoms with Gasteiger partial charge in [-0.15, -0.1) is 0 Å². The molecule has 0 bridgehead atoms. The Morgan fingerprint density at radius 2 is 1.67 bits per heavy atom. The number of aromatic hydroxyl groups is 1. The highest BCUT2D eigenvalue weighted by Gasteiger charge is 2.13. The van der Waals surface area contributed by atoms with E-state index < -0.39 is 0 Å². The number of rotatable bonds is 1. The van der Waals surface area contributed by atoms with E-state index in [-0.39, 0.29) is 11.2 Å². The second-order valence-corrected chi connectivity index (χ2v) is 5.38. The lowest BCUT2D eigenvalue weighted by Gasteiger charge is -2.09. The van der Waals surface area contributed by atoms with Crippen LogP contribution in [0.15, 0.2) is 45.6 Å². The number of para-hydroxylation sites is 1. The summed E-state index contributed by atoms with van der Waals surface area (Å²) in [5.41, 5.74) is 3.94. The van der Waals surface area contributed by atoms with Crippen molar-refractivity contribution < 1.29 is 9.52 Å². The molecule has 0 amide bonds. The van der Waals surface area contributed by atoms with Gasteiger partial charge in [0.15, 0.2) is 5.43 Å². The van der Waals surface area contributed by atoms with E-state index in [9.17, 15) is 9.90 Å². The van der Waals surface area contributed by atoms with Crippen molar-refractivity contribution in [2.75, 3.05) is 0 Å². The SMILES string of the molecule is Cc1cc(O)c(-c2cc(=O)c3cccc(C)c3o2)cc1C. The van der Waals surface area contributed by atoms with Crippen LogP contribution in [0.25, 0.3) is 22.3 Å². The summed E-state index contributed by atoms with van der Waals surface area (Å²) < 4.78 is 5.88. The van der Waals surface area contributed by atoms with Crippen LogP contribution in [-0.4, -0.2) is 5.11 Å². The topological polar surface area (TPSA) is 50.4 Å². The number of aryl methyl sites for hydroxylation is 3. The van der Waals surface area contributed by atoms with Gasteiger partial charge in [0.05, 0.1) is 10.9 Å². The van der Waals surface area contributed by atoms with Crippen LogP contribution in [0.3, 0.4) is 0 Å². The van der Waals surface area contributed by atoms with Crippen LogP contribution >= 0.6 is 0 Å². The predicted molar refractivity (Wildman–Crippen MR) is 83.8 cm³/mol. The van der Waals surface area contributed by atoms with E-state index in [1.54, 1.807) is 12.1 Å². The molecule has 0 atom stereocenters. The maximum Gasteiger partial charge on any atom is 0.193 e. The number of fused-ring (bicyclic) bond motifs is 1. The number of benzene rings is 2. The van der Waals surface area contributed by atoms with Crippen LogP contribution in [-0.2, 0) is 0 Å². The molecule has 3 heteroatoms. The van der Waals surface area contributed by atoms with Crippen molar-refractivity contribution in [2.45, 2.75) is 20.8 Å². The van der Waals surface area contributed by atoms with Gasteiger partial charge in [-0.1, -0.05) is 12.1 Å². The summed E-state index contributed by atoms with van der Waals surface area (Å²) in [6, 6.07) is 10.4. The molecule has 0 aliphatic heterocycles. The average Bonchev–Trinajstić information content (AvgIpc) is 2.44. The fourth-order valence-corrected chi connectivity index (χ4v) is 2.45. The molecule has 106 valence electrons. The highest BCUT2D eigenvalue weighted by atomic mass is 16.3. The third-order valence-electron chi connectivity index (χ3n) is 3.83. The molecule has 0 radical (unpaired) electrons. The maximum absolute atomic E-state index is 12.2. The normalized spacial score (nSPS) is 11.0. The van der Waals surface area contributed by atoms with E-state index in [2.05, 4.69) is 0 Å². The van der Waals surface area contributed by atoms with Gasteiger partial charge in [0.25, 0.3) is 0 Å². The van der Waals surface area contributed by atoms with E-state index in [0.717, 1.165) is 16.7 Å². The van der Waals surface area contributed by atoms with Gasteiger partial charge in [0.2, 0.25) is 0 Å². The van der Waals surface area contributed by atoms with Crippen molar-refractivity contribution in [2.24, 2.45) is 0 Å². The monoisotopic (exact) mass is 280 g/mol. The van der Waals surface area contributed by atoms with Crippen molar-refractivity contribution in [3.05, 3.63) is 63.3 Å². The zero-order chi connectivity index (χ0) is 15.1. The standard InChI is InChI=1S/C18H16O3/c1-10-5-4-6-13-16(20)9-17(21-18(10)13)14-7-11(2)12(3)8-15(14)19/h4-9,19H,1-3H3. The molecule has 0 saturated carbocycles. The molecule has 0 saturated heterocycles. The Morgan fingerprint density at radius 1 is 0.952 bits per heavy atom. The minimum Gasteiger partial charge on any atom is -0.507 e. The molecule has 21 heavy (non-hydrogen) atoms. The third kappa shape index (κ3) is 2.21. The zero-order valence-corrected chi connectivity index (χ0v) is 12.2. The minimum absolute atomic E-state index is 0.104. The van der Waals surface area contributed by atoms with E-state index in [0.29, 0.717) is 22.3 Å². The molecule has 0 aliphatic carbocycles. The quantitative estimate of drug-likeness (QED) is 0.730. The van der Waals surface area contributed by atoms with E-state index in [1.807, 2.05) is 39.0 Å². The van der Waals surface area contributed by atoms with Crippen LogP contribution < -0.4 is 5.43 Å². The highest BCUT2D eigenvalue weighted by molar-refractivity contribution is 5.82. The number of phenolic OH excluding ortho intramolecular Hbond substituents is 1. The van der Waals surface area contributed by atoms with Gasteiger partial charge < -0.3 is 9.52 Å². The molecular weight excluding hydrogens is 264 g/mol. The average molecular weight is 280 g/mol. The lowest BCUT2D eigenvalue weighted by molar-refractivity contribution is 0.473. The Labute approximate surface area is 122 Å². The lowest BCUT2D eigenvalue weighted by atomic mass is 10.0. The second-order valence-electron chi connectivity index (χ2n) is 5.38. The molecule has 3 aromatic rings. The molecule has 1 aromatic heterocycles. The fraction of sp³-hybridized carbons (Fsp3) is 0.167. The van der Waals surface area contributed by atoms with Crippen molar-refractivity contribution in [3.63, 3.8) is 0 Å².